The van der Waals surface area contributed by atoms with E-state index in [4.69, 9.17) is 11.6 Å². The van der Waals surface area contributed by atoms with Crippen molar-refractivity contribution in [3.63, 3.8) is 0 Å². The molecule has 0 radical (unpaired) electrons. The van der Waals surface area contributed by atoms with Gasteiger partial charge < -0.3 is 55.6 Å². The van der Waals surface area contributed by atoms with E-state index in [-0.39, 0.29) is 106 Å². The van der Waals surface area contributed by atoms with Crippen LogP contribution in [0.4, 0.5) is 13.2 Å². The lowest BCUT2D eigenvalue weighted by molar-refractivity contribution is -0.184. The molecule has 1 heterocycles. The SMILES string of the molecule is CC[C@H](C)[C@@H]1NC(=O)[C@H](CC(C)C)N(C)C(=O)C[C@@H](C)N(C)C(=O)[C@H](CC(C)C)NC(=O)C(C)(C)N(C)C(=O)[C@H](CC(C)C)NC(=O)[C@H](CCC2CCC(C(F)(F)F)CC2)NC(=O)CN(C)C(=O)[C@H](CC2CCC(Cl)CC2)N(C)C(=O)CN(C)C(=O)CN(C)C1=O. The summed E-state index contributed by atoms with van der Waals surface area (Å²) in [5, 5.41) is 11.3. The molecule has 3 rings (SSSR count). The van der Waals surface area contributed by atoms with Crippen LogP contribution in [-0.2, 0) is 52.7 Å². The van der Waals surface area contributed by atoms with E-state index in [1.54, 1.807) is 13.8 Å². The number of hydrogen-bond donors (Lipinski definition) is 4. The molecule has 2 saturated carbocycles. The van der Waals surface area contributed by atoms with Crippen molar-refractivity contribution in [2.24, 2.45) is 41.4 Å². The van der Waals surface area contributed by atoms with E-state index in [9.17, 15) is 65.9 Å². The van der Waals surface area contributed by atoms with Gasteiger partial charge in [0.15, 0.2) is 0 Å². The predicted octanol–water partition coefficient (Wildman–Crippen LogP) is 5.96. The monoisotopic (exact) mass is 1310 g/mol. The average molecular weight is 1320 g/mol. The number of halogens is 4. The minimum atomic E-state index is -4.35. The van der Waals surface area contributed by atoms with Gasteiger partial charge in [0.2, 0.25) is 65.0 Å². The number of carbonyl (C=O) groups is 11. The third-order valence-electron chi connectivity index (χ3n) is 19.1. The van der Waals surface area contributed by atoms with Gasteiger partial charge in [-0.25, -0.2) is 0 Å². The maximum atomic E-state index is 14.8. The lowest BCUT2D eigenvalue weighted by Gasteiger charge is -2.39. The first-order valence-electron chi connectivity index (χ1n) is 32.8. The van der Waals surface area contributed by atoms with Crippen LogP contribution in [0.3, 0.4) is 0 Å². The van der Waals surface area contributed by atoms with Crippen molar-refractivity contribution in [3.05, 3.63) is 0 Å². The summed E-state index contributed by atoms with van der Waals surface area (Å²) in [5.41, 5.74) is -1.67. The molecule has 0 spiro atoms. The molecular formula is C65H111ClF3N11O11. The summed E-state index contributed by atoms with van der Waals surface area (Å²) in [7, 11) is 9.95. The summed E-state index contributed by atoms with van der Waals surface area (Å²) in [6, 6.07) is -7.88. The first kappa shape index (κ1) is 79.5. The first-order valence-corrected chi connectivity index (χ1v) is 33.3. The van der Waals surface area contributed by atoms with Crippen LogP contribution in [0.1, 0.15) is 179 Å². The van der Waals surface area contributed by atoms with Gasteiger partial charge >= 0.3 is 6.18 Å². The molecule has 4 N–H and O–H groups in total. The summed E-state index contributed by atoms with van der Waals surface area (Å²) in [6.07, 6.45) is -0.420. The Morgan fingerprint density at radius 1 is 0.527 bits per heavy atom. The highest BCUT2D eigenvalue weighted by Gasteiger charge is 2.45. The van der Waals surface area contributed by atoms with Gasteiger partial charge in [-0.3, -0.25) is 52.7 Å². The summed E-state index contributed by atoms with van der Waals surface area (Å²) >= 11 is 6.48. The van der Waals surface area contributed by atoms with E-state index in [2.05, 4.69) is 21.3 Å². The Labute approximate surface area is 544 Å². The van der Waals surface area contributed by atoms with E-state index in [0.717, 1.165) is 14.7 Å². The molecule has 1 saturated heterocycles. The van der Waals surface area contributed by atoms with Gasteiger partial charge in [-0.2, -0.15) is 13.2 Å². The summed E-state index contributed by atoms with van der Waals surface area (Å²) in [4.78, 5) is 167. The van der Waals surface area contributed by atoms with Crippen LogP contribution in [0.5, 0.6) is 0 Å². The zero-order chi connectivity index (χ0) is 69.3. The quantitative estimate of drug-likeness (QED) is 0.156. The fourth-order valence-corrected chi connectivity index (χ4v) is 12.4. The molecule has 0 bridgehead atoms. The fraction of sp³-hybridized carbons (Fsp3) is 0.831. The Hall–Kier alpha value is -5.75. The van der Waals surface area contributed by atoms with Crippen LogP contribution in [0, 0.1) is 41.4 Å². The molecule has 3 aliphatic rings. The molecular weight excluding hydrogens is 1200 g/mol. The highest BCUT2D eigenvalue weighted by molar-refractivity contribution is 6.20. The third-order valence-corrected chi connectivity index (χ3v) is 19.5. The fourth-order valence-electron chi connectivity index (χ4n) is 12.2. The topological polar surface area (TPSA) is 259 Å². The van der Waals surface area contributed by atoms with E-state index in [0.29, 0.717) is 32.1 Å². The highest BCUT2D eigenvalue weighted by Crippen LogP contribution is 2.41. The number of carbonyl (C=O) groups excluding carboxylic acids is 11. The van der Waals surface area contributed by atoms with Crippen LogP contribution in [-0.4, -0.2) is 228 Å². The maximum Gasteiger partial charge on any atom is 0.391 e. The van der Waals surface area contributed by atoms with Crippen LogP contribution < -0.4 is 21.3 Å². The van der Waals surface area contributed by atoms with Crippen molar-refractivity contribution in [1.82, 2.24) is 55.6 Å². The predicted molar refractivity (Wildman–Crippen MR) is 342 cm³/mol. The highest BCUT2D eigenvalue weighted by atomic mass is 35.5. The van der Waals surface area contributed by atoms with Gasteiger partial charge in [-0.1, -0.05) is 61.8 Å². The van der Waals surface area contributed by atoms with Crippen LogP contribution in [0.2, 0.25) is 0 Å². The number of alkyl halides is 4. The van der Waals surface area contributed by atoms with Crippen molar-refractivity contribution >= 4 is 76.6 Å². The Bertz CT molecular complexity index is 2510. The molecule has 8 atom stereocenters. The summed E-state index contributed by atoms with van der Waals surface area (Å²) < 4.78 is 41.2. The number of rotatable bonds is 13. The molecule has 22 nitrogen and oxygen atoms in total. The molecule has 91 heavy (non-hydrogen) atoms. The number of amides is 11. The average Bonchev–Trinajstić information content (AvgIpc) is 0.858. The van der Waals surface area contributed by atoms with Gasteiger partial charge in [0.05, 0.1) is 25.6 Å². The van der Waals surface area contributed by atoms with Gasteiger partial charge in [-0.05, 0) is 146 Å². The molecule has 26 heteroatoms. The normalized spacial score (nSPS) is 29.0. The molecule has 1 aliphatic heterocycles. The third kappa shape index (κ3) is 23.6. The minimum absolute atomic E-state index is 0.0426. The van der Waals surface area contributed by atoms with Crippen molar-refractivity contribution in [2.75, 3.05) is 69.0 Å². The zero-order valence-corrected chi connectivity index (χ0v) is 58.5. The zero-order valence-electron chi connectivity index (χ0n) is 57.7. The van der Waals surface area contributed by atoms with E-state index in [1.807, 2.05) is 48.5 Å². The van der Waals surface area contributed by atoms with Crippen molar-refractivity contribution < 1.29 is 65.9 Å². The molecule has 0 aromatic rings. The van der Waals surface area contributed by atoms with E-state index < -0.39 is 150 Å². The van der Waals surface area contributed by atoms with Crippen molar-refractivity contribution in [2.45, 2.75) is 238 Å². The lowest BCUT2D eigenvalue weighted by atomic mass is 9.79. The molecule has 0 aromatic carbocycles. The van der Waals surface area contributed by atoms with Crippen molar-refractivity contribution in [1.29, 1.82) is 0 Å². The number of nitrogens with zero attached hydrogens (tertiary/aromatic N) is 7. The molecule has 0 unspecified atom stereocenters. The Morgan fingerprint density at radius 3 is 1.56 bits per heavy atom. The maximum absolute atomic E-state index is 14.8. The number of nitrogens with one attached hydrogen (secondary N) is 4. The van der Waals surface area contributed by atoms with Crippen LogP contribution >= 0.6 is 11.6 Å². The van der Waals surface area contributed by atoms with Crippen molar-refractivity contribution in [3.8, 4) is 0 Å². The molecule has 3 fully saturated rings. The Morgan fingerprint density at radius 2 is 1.03 bits per heavy atom. The Kier molecular flexibility index (Phi) is 31.0. The smallest absolute Gasteiger partial charge is 0.343 e. The number of hydrogen-bond acceptors (Lipinski definition) is 11. The van der Waals surface area contributed by atoms with E-state index in [1.165, 1.54) is 82.8 Å². The van der Waals surface area contributed by atoms with E-state index >= 15 is 0 Å². The lowest BCUT2D eigenvalue weighted by Crippen LogP contribution is -2.63. The Balaban J connectivity index is 2.19. The minimum Gasteiger partial charge on any atom is -0.343 e. The second-order valence-electron chi connectivity index (χ2n) is 28.3. The molecule has 2 aliphatic carbocycles. The molecule has 0 aromatic heterocycles. The molecule has 520 valence electrons. The second kappa shape index (κ2) is 35.5. The standard InChI is InChI=1S/C65H111ClF3N11O11/c1-19-41(8)56-62(90)76(14)36-54(83)74(12)37-55(84)79(17)51(34-44-22-27-46(66)28-23-44)61(89)75(13)35-52(81)70-47(29-24-43-20-25-45(26-21-43)65(67,68)69)57(85)71-49(31-39(4)5)60(88)80(18)64(10,11)63(91)72-48(30-38(2)3)59(87)77(15)42(9)33-53(82)78(16)50(32-40(6)7)58(86)73-56/h38-51,56H,19-37H2,1-18H3,(H,70,81)(H,71,85)(H,72,91)(H,73,86)/t41-,42+,43?,44?,45?,46?,47-,48-,49-,50-,51-,56-/m0/s1. The second-order valence-corrected chi connectivity index (χ2v) is 28.9. The van der Waals surface area contributed by atoms with Crippen LogP contribution in [0.15, 0.2) is 0 Å². The van der Waals surface area contributed by atoms with Crippen LogP contribution in [0.25, 0.3) is 0 Å². The van der Waals surface area contributed by atoms with Gasteiger partial charge in [0.1, 0.15) is 41.8 Å². The first-order chi connectivity index (χ1) is 42.1. The largest absolute Gasteiger partial charge is 0.391 e. The van der Waals surface area contributed by atoms with Gasteiger partial charge in [0, 0.05) is 67.2 Å². The number of likely N-dealkylation sites (N-methyl/N-ethyl adjacent to an activating group) is 7. The van der Waals surface area contributed by atoms with Gasteiger partial charge in [-0.15, -0.1) is 11.6 Å². The van der Waals surface area contributed by atoms with Gasteiger partial charge in [0.25, 0.3) is 0 Å². The summed E-state index contributed by atoms with van der Waals surface area (Å²) in [5.74, 6) is -9.71. The summed E-state index contributed by atoms with van der Waals surface area (Å²) in [6.45, 7) is 17.8. The molecule has 11 amide bonds.